The molecule has 0 bridgehead atoms. The predicted molar refractivity (Wildman–Crippen MR) is 70.9 cm³/mol. The van der Waals surface area contributed by atoms with Gasteiger partial charge in [-0.05, 0) is 23.8 Å². The van der Waals surface area contributed by atoms with Crippen molar-refractivity contribution in [3.63, 3.8) is 0 Å². The lowest BCUT2D eigenvalue weighted by Gasteiger charge is -2.27. The highest BCUT2D eigenvalue weighted by Gasteiger charge is 2.33. The number of carboxylic acid groups (broad SMARTS) is 1. The van der Waals surface area contributed by atoms with E-state index in [0.717, 1.165) is 31.8 Å². The standard InChI is InChI=1S/C14H19FN2O2/c1-14(2,3)9-4-5-17(8-9)12-11(13(18)19)6-10(15)7-16-12/h6-7,9H,4-5,8H2,1-3H3,(H,18,19). The van der Waals surface area contributed by atoms with Gasteiger partial charge >= 0.3 is 5.97 Å². The predicted octanol–water partition coefficient (Wildman–Crippen LogP) is 2.79. The van der Waals surface area contributed by atoms with Crippen molar-refractivity contribution in [2.24, 2.45) is 11.3 Å². The quantitative estimate of drug-likeness (QED) is 0.894. The molecule has 0 radical (unpaired) electrons. The summed E-state index contributed by atoms with van der Waals surface area (Å²) in [6.07, 6.45) is 2.08. The molecule has 1 atom stereocenters. The van der Waals surface area contributed by atoms with Gasteiger partial charge in [0.1, 0.15) is 17.2 Å². The largest absolute Gasteiger partial charge is 0.478 e. The zero-order valence-corrected chi connectivity index (χ0v) is 11.5. The highest BCUT2D eigenvalue weighted by molar-refractivity contribution is 5.93. The Bertz CT molecular complexity index is 497. The Kier molecular flexibility index (Phi) is 3.47. The summed E-state index contributed by atoms with van der Waals surface area (Å²) in [6, 6.07) is 1.04. The Morgan fingerprint density at radius 1 is 1.53 bits per heavy atom. The van der Waals surface area contributed by atoms with Crippen molar-refractivity contribution >= 4 is 11.8 Å². The van der Waals surface area contributed by atoms with Crippen LogP contribution in [0.3, 0.4) is 0 Å². The maximum Gasteiger partial charge on any atom is 0.339 e. The van der Waals surface area contributed by atoms with Crippen LogP contribution in [-0.4, -0.2) is 29.1 Å². The van der Waals surface area contributed by atoms with E-state index >= 15 is 0 Å². The van der Waals surface area contributed by atoms with Crippen LogP contribution >= 0.6 is 0 Å². The molecule has 1 saturated heterocycles. The van der Waals surface area contributed by atoms with Gasteiger partial charge in [0, 0.05) is 13.1 Å². The zero-order valence-electron chi connectivity index (χ0n) is 11.5. The van der Waals surface area contributed by atoms with E-state index in [1.807, 2.05) is 4.90 Å². The second-order valence-electron chi connectivity index (χ2n) is 6.13. The Labute approximate surface area is 112 Å². The molecule has 5 heteroatoms. The Hall–Kier alpha value is -1.65. The topological polar surface area (TPSA) is 53.4 Å². The zero-order chi connectivity index (χ0) is 14.2. The van der Waals surface area contributed by atoms with E-state index in [1.54, 1.807) is 0 Å². The number of pyridine rings is 1. The van der Waals surface area contributed by atoms with E-state index in [-0.39, 0.29) is 11.0 Å². The van der Waals surface area contributed by atoms with Gasteiger partial charge in [-0.1, -0.05) is 20.8 Å². The molecule has 0 saturated carbocycles. The molecule has 1 fully saturated rings. The normalized spacial score (nSPS) is 19.8. The first-order valence-corrected chi connectivity index (χ1v) is 6.43. The lowest BCUT2D eigenvalue weighted by molar-refractivity contribution is 0.0696. The number of carboxylic acids is 1. The fourth-order valence-corrected chi connectivity index (χ4v) is 2.50. The van der Waals surface area contributed by atoms with Crippen molar-refractivity contribution in [2.75, 3.05) is 18.0 Å². The molecule has 0 aromatic carbocycles. The minimum Gasteiger partial charge on any atom is -0.478 e. The molecule has 4 nitrogen and oxygen atoms in total. The van der Waals surface area contributed by atoms with Gasteiger partial charge in [0.05, 0.1) is 6.20 Å². The first kappa shape index (κ1) is 13.8. The summed E-state index contributed by atoms with van der Waals surface area (Å²) in [5.74, 6) is -0.893. The van der Waals surface area contributed by atoms with Crippen molar-refractivity contribution in [2.45, 2.75) is 27.2 Å². The summed E-state index contributed by atoms with van der Waals surface area (Å²) in [5, 5.41) is 9.14. The van der Waals surface area contributed by atoms with Gasteiger partial charge in [-0.25, -0.2) is 14.2 Å². The highest BCUT2D eigenvalue weighted by atomic mass is 19.1. The van der Waals surface area contributed by atoms with Gasteiger partial charge in [0.15, 0.2) is 0 Å². The highest BCUT2D eigenvalue weighted by Crippen LogP contribution is 2.35. The van der Waals surface area contributed by atoms with E-state index in [2.05, 4.69) is 25.8 Å². The molecular formula is C14H19FN2O2. The summed E-state index contributed by atoms with van der Waals surface area (Å²) in [4.78, 5) is 17.1. The molecule has 1 aliphatic heterocycles. The van der Waals surface area contributed by atoms with Crippen LogP contribution in [0.5, 0.6) is 0 Å². The maximum absolute atomic E-state index is 13.1. The minimum absolute atomic E-state index is 0.0606. The van der Waals surface area contributed by atoms with Crippen LogP contribution in [-0.2, 0) is 0 Å². The van der Waals surface area contributed by atoms with Crippen LogP contribution in [0.15, 0.2) is 12.3 Å². The Balaban J connectivity index is 2.27. The van der Waals surface area contributed by atoms with Gasteiger partial charge < -0.3 is 10.0 Å². The van der Waals surface area contributed by atoms with E-state index in [4.69, 9.17) is 5.11 Å². The molecule has 1 aromatic rings. The lowest BCUT2D eigenvalue weighted by Crippen LogP contribution is -2.27. The molecular weight excluding hydrogens is 247 g/mol. The SMILES string of the molecule is CC(C)(C)C1CCN(c2ncc(F)cc2C(=O)O)C1. The number of anilines is 1. The Morgan fingerprint density at radius 2 is 2.21 bits per heavy atom. The van der Waals surface area contributed by atoms with Gasteiger partial charge in [0.2, 0.25) is 0 Å². The van der Waals surface area contributed by atoms with Crippen LogP contribution in [0.2, 0.25) is 0 Å². The summed E-state index contributed by atoms with van der Waals surface area (Å²) in [6.45, 7) is 8.06. The average molecular weight is 266 g/mol. The third-order valence-electron chi connectivity index (χ3n) is 3.78. The van der Waals surface area contributed by atoms with Crippen LogP contribution in [0.25, 0.3) is 0 Å². The van der Waals surface area contributed by atoms with E-state index in [9.17, 15) is 9.18 Å². The van der Waals surface area contributed by atoms with Gasteiger partial charge in [-0.2, -0.15) is 0 Å². The minimum atomic E-state index is -1.14. The van der Waals surface area contributed by atoms with Crippen molar-refractivity contribution in [3.05, 3.63) is 23.6 Å². The molecule has 1 aromatic heterocycles. The second-order valence-corrected chi connectivity index (χ2v) is 6.13. The molecule has 2 heterocycles. The second kappa shape index (κ2) is 4.79. The van der Waals surface area contributed by atoms with Gasteiger partial charge in [0.25, 0.3) is 0 Å². The van der Waals surface area contributed by atoms with Crippen molar-refractivity contribution in [1.82, 2.24) is 4.98 Å². The summed E-state index contributed by atoms with van der Waals surface area (Å²) < 4.78 is 13.1. The van der Waals surface area contributed by atoms with Gasteiger partial charge in [-0.15, -0.1) is 0 Å². The number of hydrogen-bond donors (Lipinski definition) is 1. The number of carbonyl (C=O) groups is 1. The molecule has 104 valence electrons. The number of aromatic carboxylic acids is 1. The Morgan fingerprint density at radius 3 is 2.74 bits per heavy atom. The number of nitrogens with zero attached hydrogens (tertiary/aromatic N) is 2. The molecule has 1 aliphatic rings. The van der Waals surface area contributed by atoms with E-state index < -0.39 is 11.8 Å². The molecule has 1 N–H and O–H groups in total. The molecule has 19 heavy (non-hydrogen) atoms. The first-order valence-electron chi connectivity index (χ1n) is 6.43. The fourth-order valence-electron chi connectivity index (χ4n) is 2.50. The van der Waals surface area contributed by atoms with E-state index in [0.29, 0.717) is 11.7 Å². The van der Waals surface area contributed by atoms with Gasteiger partial charge in [-0.3, -0.25) is 0 Å². The van der Waals surface area contributed by atoms with Crippen LogP contribution < -0.4 is 4.90 Å². The van der Waals surface area contributed by atoms with Crippen molar-refractivity contribution in [3.8, 4) is 0 Å². The summed E-state index contributed by atoms with van der Waals surface area (Å²) in [5.41, 5.74) is 0.118. The average Bonchev–Trinajstić information content (AvgIpc) is 2.77. The lowest BCUT2D eigenvalue weighted by atomic mass is 9.80. The first-order chi connectivity index (χ1) is 8.79. The third kappa shape index (κ3) is 2.85. The molecule has 0 aliphatic carbocycles. The monoisotopic (exact) mass is 266 g/mol. The molecule has 1 unspecified atom stereocenters. The number of aromatic nitrogens is 1. The number of halogens is 1. The van der Waals surface area contributed by atoms with Crippen LogP contribution in [0, 0.1) is 17.2 Å². The van der Waals surface area contributed by atoms with Crippen LogP contribution in [0.1, 0.15) is 37.6 Å². The van der Waals surface area contributed by atoms with Crippen molar-refractivity contribution < 1.29 is 14.3 Å². The molecule has 0 spiro atoms. The van der Waals surface area contributed by atoms with Crippen LogP contribution in [0.4, 0.5) is 10.2 Å². The maximum atomic E-state index is 13.1. The van der Waals surface area contributed by atoms with Crippen molar-refractivity contribution in [1.29, 1.82) is 0 Å². The molecule has 0 amide bonds. The summed E-state index contributed by atoms with van der Waals surface area (Å²) in [7, 11) is 0. The fraction of sp³-hybridized carbons (Fsp3) is 0.571. The third-order valence-corrected chi connectivity index (χ3v) is 3.78. The smallest absolute Gasteiger partial charge is 0.339 e. The number of hydrogen-bond acceptors (Lipinski definition) is 3. The summed E-state index contributed by atoms with van der Waals surface area (Å²) >= 11 is 0. The van der Waals surface area contributed by atoms with E-state index in [1.165, 1.54) is 0 Å². The number of rotatable bonds is 2. The molecule has 2 rings (SSSR count).